The van der Waals surface area contributed by atoms with Crippen LogP contribution in [0.1, 0.15) is 42.5 Å². The van der Waals surface area contributed by atoms with E-state index < -0.39 is 12.1 Å². The summed E-state index contributed by atoms with van der Waals surface area (Å²) in [6, 6.07) is 16.6. The van der Waals surface area contributed by atoms with E-state index in [1.807, 2.05) is 18.2 Å². The molecule has 0 saturated heterocycles. The predicted octanol–water partition coefficient (Wildman–Crippen LogP) is 3.40. The quantitative estimate of drug-likeness (QED) is 0.704. The third kappa shape index (κ3) is 4.94. The molecular formula is C23H24N2O4. The second-order valence-corrected chi connectivity index (χ2v) is 7.12. The van der Waals surface area contributed by atoms with Crippen molar-refractivity contribution in [2.24, 2.45) is 0 Å². The van der Waals surface area contributed by atoms with Crippen LogP contribution < -0.4 is 4.74 Å². The lowest BCUT2D eigenvalue weighted by Gasteiger charge is -2.33. The van der Waals surface area contributed by atoms with Gasteiger partial charge in [0.2, 0.25) is 0 Å². The Balaban J connectivity index is 1.53. The SMILES string of the molecule is C[C@H](Oc1ccc(C#N)cc1)C(=O)OCC(=O)N(C)[C@@H]1CCCc2ccccc21. The zero-order valence-corrected chi connectivity index (χ0v) is 16.6. The Morgan fingerprint density at radius 2 is 1.93 bits per heavy atom. The molecule has 0 heterocycles. The summed E-state index contributed by atoms with van der Waals surface area (Å²) in [4.78, 5) is 26.5. The molecule has 0 saturated carbocycles. The maximum atomic E-state index is 12.6. The van der Waals surface area contributed by atoms with Gasteiger partial charge in [0.1, 0.15) is 5.75 Å². The van der Waals surface area contributed by atoms with Crippen LogP contribution in [0, 0.1) is 11.3 Å². The maximum Gasteiger partial charge on any atom is 0.347 e. The third-order valence-electron chi connectivity index (χ3n) is 5.16. The standard InChI is InChI=1S/C23H24N2O4/c1-16(29-19-12-10-17(14-24)11-13-19)23(27)28-15-22(26)25(2)21-9-5-7-18-6-3-4-8-20(18)21/h3-4,6,8,10-13,16,21H,5,7,9,15H2,1-2H3/t16-,21+/m0/s1. The van der Waals surface area contributed by atoms with Crippen molar-refractivity contribution in [3.63, 3.8) is 0 Å². The fourth-order valence-corrected chi connectivity index (χ4v) is 3.52. The number of amides is 1. The van der Waals surface area contributed by atoms with Gasteiger partial charge >= 0.3 is 5.97 Å². The number of nitriles is 1. The summed E-state index contributed by atoms with van der Waals surface area (Å²) in [5, 5.41) is 8.81. The third-order valence-corrected chi connectivity index (χ3v) is 5.16. The molecular weight excluding hydrogens is 368 g/mol. The Kier molecular flexibility index (Phi) is 6.50. The molecule has 0 N–H and O–H groups in total. The molecule has 0 unspecified atom stereocenters. The highest BCUT2D eigenvalue weighted by Gasteiger charge is 2.27. The van der Waals surface area contributed by atoms with Crippen LogP contribution in [0.2, 0.25) is 0 Å². The average Bonchev–Trinajstić information content (AvgIpc) is 2.76. The molecule has 0 aliphatic heterocycles. The van der Waals surface area contributed by atoms with Crippen molar-refractivity contribution in [1.29, 1.82) is 5.26 Å². The summed E-state index contributed by atoms with van der Waals surface area (Å²) in [5.41, 5.74) is 2.94. The number of carbonyl (C=O) groups is 2. The molecule has 0 spiro atoms. The largest absolute Gasteiger partial charge is 0.479 e. The lowest BCUT2D eigenvalue weighted by molar-refractivity contribution is -0.157. The van der Waals surface area contributed by atoms with Crippen molar-refractivity contribution in [2.75, 3.05) is 13.7 Å². The highest BCUT2D eigenvalue weighted by molar-refractivity contribution is 5.82. The summed E-state index contributed by atoms with van der Waals surface area (Å²) in [6.45, 7) is 1.24. The number of rotatable bonds is 6. The van der Waals surface area contributed by atoms with Gasteiger partial charge in [0.15, 0.2) is 12.7 Å². The van der Waals surface area contributed by atoms with Gasteiger partial charge in [0.05, 0.1) is 17.7 Å². The monoisotopic (exact) mass is 392 g/mol. The summed E-state index contributed by atoms with van der Waals surface area (Å²) in [6.07, 6.45) is 2.07. The van der Waals surface area contributed by atoms with E-state index in [9.17, 15) is 9.59 Å². The molecule has 0 radical (unpaired) electrons. The molecule has 0 fully saturated rings. The molecule has 2 atom stereocenters. The summed E-state index contributed by atoms with van der Waals surface area (Å²) in [7, 11) is 1.75. The van der Waals surface area contributed by atoms with Gasteiger partial charge in [0, 0.05) is 7.05 Å². The number of esters is 1. The van der Waals surface area contributed by atoms with Gasteiger partial charge in [-0.05, 0) is 61.6 Å². The van der Waals surface area contributed by atoms with Crippen LogP contribution in [0.25, 0.3) is 0 Å². The summed E-state index contributed by atoms with van der Waals surface area (Å²) < 4.78 is 10.7. The lowest BCUT2D eigenvalue weighted by Crippen LogP contribution is -2.37. The minimum absolute atomic E-state index is 0.00141. The minimum Gasteiger partial charge on any atom is -0.479 e. The second kappa shape index (κ2) is 9.24. The zero-order valence-electron chi connectivity index (χ0n) is 16.6. The number of carbonyl (C=O) groups excluding carboxylic acids is 2. The number of hydrogen-bond donors (Lipinski definition) is 0. The molecule has 0 aromatic heterocycles. The van der Waals surface area contributed by atoms with Gasteiger partial charge in [-0.2, -0.15) is 5.26 Å². The molecule has 150 valence electrons. The first-order valence-electron chi connectivity index (χ1n) is 9.66. The molecule has 2 aromatic carbocycles. The van der Waals surface area contributed by atoms with Crippen LogP contribution >= 0.6 is 0 Å². The van der Waals surface area contributed by atoms with Crippen molar-refractivity contribution in [3.8, 4) is 11.8 Å². The molecule has 0 bridgehead atoms. The Hall–Kier alpha value is -3.33. The number of ether oxygens (including phenoxy) is 2. The summed E-state index contributed by atoms with van der Waals surface area (Å²) >= 11 is 0. The number of benzene rings is 2. The average molecular weight is 392 g/mol. The van der Waals surface area contributed by atoms with E-state index >= 15 is 0 Å². The van der Waals surface area contributed by atoms with E-state index in [0.717, 1.165) is 19.3 Å². The molecule has 6 heteroatoms. The van der Waals surface area contributed by atoms with Gasteiger partial charge in [-0.1, -0.05) is 24.3 Å². The first-order chi connectivity index (χ1) is 14.0. The van der Waals surface area contributed by atoms with E-state index in [0.29, 0.717) is 11.3 Å². The normalized spacial score (nSPS) is 16.1. The minimum atomic E-state index is -0.864. The Morgan fingerprint density at radius 1 is 1.21 bits per heavy atom. The molecule has 1 aliphatic carbocycles. The van der Waals surface area contributed by atoms with Crippen LogP contribution in [0.5, 0.6) is 5.75 Å². The first-order valence-corrected chi connectivity index (χ1v) is 9.66. The Labute approximate surface area is 170 Å². The second-order valence-electron chi connectivity index (χ2n) is 7.12. The van der Waals surface area contributed by atoms with Crippen LogP contribution in [-0.2, 0) is 20.7 Å². The first kappa shape index (κ1) is 20.4. The topological polar surface area (TPSA) is 79.6 Å². The van der Waals surface area contributed by atoms with Crippen molar-refractivity contribution in [3.05, 3.63) is 65.2 Å². The van der Waals surface area contributed by atoms with Crippen molar-refractivity contribution < 1.29 is 19.1 Å². The van der Waals surface area contributed by atoms with Crippen molar-refractivity contribution in [2.45, 2.75) is 38.3 Å². The fourth-order valence-electron chi connectivity index (χ4n) is 3.52. The fraction of sp³-hybridized carbons (Fsp3) is 0.348. The van der Waals surface area contributed by atoms with Gasteiger partial charge < -0.3 is 14.4 Å². The van der Waals surface area contributed by atoms with Crippen molar-refractivity contribution >= 4 is 11.9 Å². The number of aryl methyl sites for hydroxylation is 1. The van der Waals surface area contributed by atoms with E-state index in [-0.39, 0.29) is 18.6 Å². The van der Waals surface area contributed by atoms with Crippen LogP contribution in [-0.4, -0.2) is 36.5 Å². The van der Waals surface area contributed by atoms with Gasteiger partial charge in [-0.3, -0.25) is 4.79 Å². The van der Waals surface area contributed by atoms with E-state index in [1.54, 1.807) is 43.1 Å². The van der Waals surface area contributed by atoms with E-state index in [1.165, 1.54) is 11.1 Å². The number of hydrogen-bond acceptors (Lipinski definition) is 5. The van der Waals surface area contributed by atoms with Crippen LogP contribution in [0.15, 0.2) is 48.5 Å². The van der Waals surface area contributed by atoms with Gasteiger partial charge in [0.25, 0.3) is 5.91 Å². The summed E-state index contributed by atoms with van der Waals surface area (Å²) in [5.74, 6) is -0.401. The maximum absolute atomic E-state index is 12.6. The molecule has 6 nitrogen and oxygen atoms in total. The number of fused-ring (bicyclic) bond motifs is 1. The molecule has 2 aromatic rings. The molecule has 29 heavy (non-hydrogen) atoms. The number of likely N-dealkylation sites (N-methyl/N-ethyl adjacent to an activating group) is 1. The van der Waals surface area contributed by atoms with E-state index in [4.69, 9.17) is 14.7 Å². The molecule has 1 amide bonds. The molecule has 1 aliphatic rings. The predicted molar refractivity (Wildman–Crippen MR) is 107 cm³/mol. The van der Waals surface area contributed by atoms with Crippen molar-refractivity contribution in [1.82, 2.24) is 4.90 Å². The number of nitrogens with zero attached hydrogens (tertiary/aromatic N) is 2. The van der Waals surface area contributed by atoms with Crippen LogP contribution in [0.4, 0.5) is 0 Å². The Morgan fingerprint density at radius 3 is 2.66 bits per heavy atom. The molecule has 3 rings (SSSR count). The highest BCUT2D eigenvalue weighted by Crippen LogP contribution is 2.33. The van der Waals surface area contributed by atoms with Gasteiger partial charge in [-0.25, -0.2) is 4.79 Å². The smallest absolute Gasteiger partial charge is 0.347 e. The zero-order chi connectivity index (χ0) is 20.8. The lowest BCUT2D eigenvalue weighted by atomic mass is 9.87. The van der Waals surface area contributed by atoms with E-state index in [2.05, 4.69) is 12.1 Å². The Bertz CT molecular complexity index is 917. The van der Waals surface area contributed by atoms with Gasteiger partial charge in [-0.15, -0.1) is 0 Å². The highest BCUT2D eigenvalue weighted by atomic mass is 16.6. The van der Waals surface area contributed by atoms with Crippen LogP contribution in [0.3, 0.4) is 0 Å².